The molecule has 7 nitrogen and oxygen atoms in total. The number of methoxy groups -OCH3 is 1. The van der Waals surface area contributed by atoms with Crippen molar-refractivity contribution < 1.29 is 14.3 Å². The molecular weight excluding hydrogens is 438 g/mol. The Balaban J connectivity index is 1.63. The minimum atomic E-state index is -0.486. The lowest BCUT2D eigenvalue weighted by Gasteiger charge is -2.12. The molecular formula is C25H21N3O4S. The van der Waals surface area contributed by atoms with Gasteiger partial charge in [0, 0.05) is 10.3 Å². The van der Waals surface area contributed by atoms with Crippen molar-refractivity contribution in [2.45, 2.75) is 25.7 Å². The number of para-hydroxylation sites is 1. The maximum Gasteiger partial charge on any atom is 0.341 e. The Morgan fingerprint density at radius 2 is 1.70 bits per heavy atom. The Hall–Kier alpha value is -3.78. The fraction of sp³-hybridized carbons (Fsp3) is 0.200. The van der Waals surface area contributed by atoms with E-state index >= 15 is 0 Å². The van der Waals surface area contributed by atoms with E-state index in [1.165, 1.54) is 23.1 Å². The van der Waals surface area contributed by atoms with Crippen molar-refractivity contribution in [3.63, 3.8) is 0 Å². The van der Waals surface area contributed by atoms with Gasteiger partial charge in [-0.2, -0.15) is 9.78 Å². The number of benzene rings is 2. The first-order valence-electron chi connectivity index (χ1n) is 10.7. The molecule has 0 saturated heterocycles. The quantitative estimate of drug-likeness (QED) is 0.458. The Morgan fingerprint density at radius 3 is 2.45 bits per heavy atom. The van der Waals surface area contributed by atoms with E-state index in [2.05, 4.69) is 10.4 Å². The second kappa shape index (κ2) is 8.63. The zero-order chi connectivity index (χ0) is 22.9. The predicted octanol–water partition coefficient (Wildman–Crippen LogP) is 4.36. The highest BCUT2D eigenvalue weighted by molar-refractivity contribution is 7.17. The van der Waals surface area contributed by atoms with Crippen molar-refractivity contribution in [3.8, 4) is 5.69 Å². The maximum atomic E-state index is 13.5. The number of fused-ring (bicyclic) bond motifs is 2. The van der Waals surface area contributed by atoms with Gasteiger partial charge < -0.3 is 10.1 Å². The molecule has 0 atom stereocenters. The van der Waals surface area contributed by atoms with Gasteiger partial charge in [0.2, 0.25) is 0 Å². The molecule has 1 N–H and O–H groups in total. The SMILES string of the molecule is COC(=O)c1c(NC(=O)c2nn(-c3ccccc3)c(=O)c3ccccc23)sc2c1CCCC2. The lowest BCUT2D eigenvalue weighted by Crippen LogP contribution is -2.26. The summed E-state index contributed by atoms with van der Waals surface area (Å²) in [6.45, 7) is 0. The number of anilines is 1. The Labute approximate surface area is 193 Å². The van der Waals surface area contributed by atoms with E-state index in [0.717, 1.165) is 36.1 Å². The van der Waals surface area contributed by atoms with E-state index in [-0.39, 0.29) is 11.3 Å². The van der Waals surface area contributed by atoms with Crippen molar-refractivity contribution in [1.82, 2.24) is 9.78 Å². The molecule has 1 aliphatic carbocycles. The van der Waals surface area contributed by atoms with Crippen LogP contribution in [0.3, 0.4) is 0 Å². The molecule has 1 aliphatic rings. The molecule has 2 aromatic carbocycles. The second-order valence-corrected chi connectivity index (χ2v) is 8.91. The summed E-state index contributed by atoms with van der Waals surface area (Å²) in [4.78, 5) is 40.2. The zero-order valence-corrected chi connectivity index (χ0v) is 18.8. The molecule has 0 bridgehead atoms. The van der Waals surface area contributed by atoms with Gasteiger partial charge in [-0.1, -0.05) is 36.4 Å². The van der Waals surface area contributed by atoms with Crippen LogP contribution in [0, 0.1) is 0 Å². The van der Waals surface area contributed by atoms with Gasteiger partial charge in [0.25, 0.3) is 11.5 Å². The normalized spacial score (nSPS) is 12.9. The minimum Gasteiger partial charge on any atom is -0.465 e. The van der Waals surface area contributed by atoms with E-state index in [0.29, 0.717) is 27.0 Å². The zero-order valence-electron chi connectivity index (χ0n) is 18.0. The predicted molar refractivity (Wildman–Crippen MR) is 128 cm³/mol. The third kappa shape index (κ3) is 3.72. The average Bonchev–Trinajstić information content (AvgIpc) is 3.22. The van der Waals surface area contributed by atoms with Crippen LogP contribution in [0.4, 0.5) is 5.00 Å². The third-order valence-corrected chi connectivity index (χ3v) is 7.02. The highest BCUT2D eigenvalue weighted by Gasteiger charge is 2.28. The van der Waals surface area contributed by atoms with E-state index in [1.54, 1.807) is 48.5 Å². The first-order chi connectivity index (χ1) is 16.1. The number of nitrogens with zero attached hydrogens (tertiary/aromatic N) is 2. The van der Waals surface area contributed by atoms with Crippen LogP contribution >= 0.6 is 11.3 Å². The lowest BCUT2D eigenvalue weighted by molar-refractivity contribution is 0.0601. The highest BCUT2D eigenvalue weighted by Crippen LogP contribution is 2.38. The summed E-state index contributed by atoms with van der Waals surface area (Å²) in [7, 11) is 1.34. The number of aryl methyl sites for hydroxylation is 1. The average molecular weight is 460 g/mol. The number of carbonyl (C=O) groups excluding carboxylic acids is 2. The fourth-order valence-corrected chi connectivity index (χ4v) is 5.51. The lowest BCUT2D eigenvalue weighted by atomic mass is 9.95. The van der Waals surface area contributed by atoms with Crippen molar-refractivity contribution in [2.24, 2.45) is 0 Å². The maximum absolute atomic E-state index is 13.5. The standard InChI is InChI=1S/C25H21N3O4S/c1-32-25(31)20-18-13-7-8-14-19(18)33-23(20)26-22(29)21-16-11-5-6-12-17(16)24(30)28(27-21)15-9-3-2-4-10-15/h2-6,9-12H,7-8,13-14H2,1H3,(H,26,29). The van der Waals surface area contributed by atoms with Gasteiger partial charge in [-0.3, -0.25) is 9.59 Å². The Kier molecular flexibility index (Phi) is 5.51. The van der Waals surface area contributed by atoms with E-state index in [1.807, 2.05) is 6.07 Å². The van der Waals surface area contributed by atoms with Crippen LogP contribution in [0.25, 0.3) is 16.5 Å². The number of hydrogen-bond acceptors (Lipinski definition) is 6. The van der Waals surface area contributed by atoms with Crippen molar-refractivity contribution in [3.05, 3.63) is 86.6 Å². The first kappa shape index (κ1) is 21.1. The van der Waals surface area contributed by atoms with Crippen LogP contribution < -0.4 is 10.9 Å². The topological polar surface area (TPSA) is 90.3 Å². The number of esters is 1. The molecule has 4 aromatic rings. The highest BCUT2D eigenvalue weighted by atomic mass is 32.1. The van der Waals surface area contributed by atoms with Crippen LogP contribution in [-0.2, 0) is 17.6 Å². The molecule has 0 unspecified atom stereocenters. The van der Waals surface area contributed by atoms with Gasteiger partial charge in [0.1, 0.15) is 5.00 Å². The molecule has 2 heterocycles. The van der Waals surface area contributed by atoms with Crippen molar-refractivity contribution in [2.75, 3.05) is 12.4 Å². The molecule has 1 amide bonds. The summed E-state index contributed by atoms with van der Waals surface area (Å²) in [5.74, 6) is -0.948. The van der Waals surface area contributed by atoms with E-state index < -0.39 is 11.9 Å². The number of nitrogens with one attached hydrogen (secondary N) is 1. The van der Waals surface area contributed by atoms with Crippen LogP contribution in [0.1, 0.15) is 44.1 Å². The number of thiophene rings is 1. The second-order valence-electron chi connectivity index (χ2n) is 7.81. The molecule has 33 heavy (non-hydrogen) atoms. The molecule has 0 aliphatic heterocycles. The van der Waals surface area contributed by atoms with E-state index in [4.69, 9.17) is 4.74 Å². The van der Waals surface area contributed by atoms with Gasteiger partial charge in [0.15, 0.2) is 5.69 Å². The van der Waals surface area contributed by atoms with Gasteiger partial charge in [-0.15, -0.1) is 11.3 Å². The summed E-state index contributed by atoms with van der Waals surface area (Å²) in [6.07, 6.45) is 3.71. The monoisotopic (exact) mass is 459 g/mol. The Morgan fingerprint density at radius 1 is 1.00 bits per heavy atom. The summed E-state index contributed by atoms with van der Waals surface area (Å²) in [5.41, 5.74) is 1.74. The molecule has 5 rings (SSSR count). The molecule has 8 heteroatoms. The molecule has 166 valence electrons. The largest absolute Gasteiger partial charge is 0.465 e. The summed E-state index contributed by atoms with van der Waals surface area (Å²) >= 11 is 1.41. The minimum absolute atomic E-state index is 0.108. The number of hydrogen-bond donors (Lipinski definition) is 1. The molecule has 0 saturated carbocycles. The van der Waals surface area contributed by atoms with Crippen molar-refractivity contribution in [1.29, 1.82) is 0 Å². The smallest absolute Gasteiger partial charge is 0.341 e. The van der Waals surface area contributed by atoms with Crippen LogP contribution in [0.2, 0.25) is 0 Å². The van der Waals surface area contributed by atoms with Crippen LogP contribution in [0.5, 0.6) is 0 Å². The van der Waals surface area contributed by atoms with E-state index in [9.17, 15) is 14.4 Å². The third-order valence-electron chi connectivity index (χ3n) is 5.81. The summed E-state index contributed by atoms with van der Waals surface area (Å²) in [5, 5.41) is 8.62. The van der Waals surface area contributed by atoms with Gasteiger partial charge >= 0.3 is 5.97 Å². The van der Waals surface area contributed by atoms with Gasteiger partial charge in [-0.05, 0) is 49.4 Å². The number of carbonyl (C=O) groups is 2. The number of aromatic nitrogens is 2. The molecule has 2 aromatic heterocycles. The number of ether oxygens (including phenoxy) is 1. The van der Waals surface area contributed by atoms with Crippen LogP contribution in [-0.4, -0.2) is 28.8 Å². The molecule has 0 radical (unpaired) electrons. The molecule has 0 spiro atoms. The summed E-state index contributed by atoms with van der Waals surface area (Å²) in [6, 6.07) is 15.9. The number of rotatable bonds is 4. The van der Waals surface area contributed by atoms with Gasteiger partial charge in [0.05, 0.1) is 23.7 Å². The fourth-order valence-electron chi connectivity index (χ4n) is 4.24. The number of amides is 1. The first-order valence-corrected chi connectivity index (χ1v) is 11.5. The van der Waals surface area contributed by atoms with Crippen molar-refractivity contribution >= 4 is 39.0 Å². The van der Waals surface area contributed by atoms with Gasteiger partial charge in [-0.25, -0.2) is 4.79 Å². The van der Waals surface area contributed by atoms with Crippen LogP contribution in [0.15, 0.2) is 59.4 Å². The molecule has 0 fully saturated rings. The summed E-state index contributed by atoms with van der Waals surface area (Å²) < 4.78 is 6.24. The Bertz CT molecular complexity index is 1440.